The highest BCUT2D eigenvalue weighted by Gasteiger charge is 2.13. The van der Waals surface area contributed by atoms with E-state index in [0.717, 1.165) is 0 Å². The fraction of sp³-hybridized carbons (Fsp3) is 0.455. The van der Waals surface area contributed by atoms with Crippen LogP contribution in [-0.2, 0) is 4.55 Å². The molecule has 0 aliphatic rings. The minimum absolute atomic E-state index is 0. The zero-order valence-corrected chi connectivity index (χ0v) is 11.8. The monoisotopic (exact) mass is 252 g/mol. The summed E-state index contributed by atoms with van der Waals surface area (Å²) in [6, 6.07) is 10.8. The maximum Gasteiger partial charge on any atom is 0.379 e. The van der Waals surface area contributed by atoms with Crippen LogP contribution >= 0.6 is 17.0 Å². The van der Waals surface area contributed by atoms with Gasteiger partial charge in [-0.05, 0) is 0 Å². The zero-order valence-electron chi connectivity index (χ0n) is 8.71. The van der Waals surface area contributed by atoms with E-state index in [1.54, 1.807) is 0 Å². The van der Waals surface area contributed by atoms with Gasteiger partial charge in [0.05, 0.1) is 0 Å². The Morgan fingerprint density at radius 3 is 2.08 bits per heavy atom. The minimum Gasteiger partial charge on any atom is -0.132 e. The molecular formula is C11H17BrMg. The number of hydrogen-bond acceptors (Lipinski definition) is 0. The van der Waals surface area contributed by atoms with Crippen LogP contribution in [-0.4, -0.2) is 20.4 Å². The average Bonchev–Trinajstić information content (AvgIpc) is 2.02. The molecule has 1 rings (SSSR count). The van der Waals surface area contributed by atoms with Gasteiger partial charge in [0.2, 0.25) is 0 Å². The molecule has 0 radical (unpaired) electrons. The first-order valence-corrected chi connectivity index (χ1v) is 6.32. The fourth-order valence-electron chi connectivity index (χ4n) is 1.16. The highest BCUT2D eigenvalue weighted by Crippen LogP contribution is 2.21. The molecule has 70 valence electrons. The van der Waals surface area contributed by atoms with E-state index in [1.165, 1.54) is 10.1 Å². The molecule has 0 atom stereocenters. The Labute approximate surface area is 102 Å². The third-order valence-electron chi connectivity index (χ3n) is 2.01. The molecule has 0 unspecified atom stereocenters. The molecule has 0 saturated heterocycles. The van der Waals surface area contributed by atoms with Crippen molar-refractivity contribution in [2.45, 2.75) is 28.9 Å². The van der Waals surface area contributed by atoms with Crippen molar-refractivity contribution < 1.29 is 0 Å². The van der Waals surface area contributed by atoms with Gasteiger partial charge < -0.3 is 0 Å². The Balaban J connectivity index is 0.00000144. The highest BCUT2D eigenvalue weighted by molar-refractivity contribution is 8.93. The molecule has 0 aliphatic carbocycles. The van der Waals surface area contributed by atoms with E-state index >= 15 is 0 Å². The Morgan fingerprint density at radius 2 is 1.62 bits per heavy atom. The summed E-state index contributed by atoms with van der Waals surface area (Å²) in [6.07, 6.45) is 0. The standard InChI is InChI=1S/C7H7.C4H9.BrH.Mg/c1-7-5-3-2-4-6-7;1-4(2)3;;/h2-6H,1H2;1-3H3;1H;. The lowest BCUT2D eigenvalue weighted by molar-refractivity contribution is 0.749. The lowest BCUT2D eigenvalue weighted by Gasteiger charge is -2.15. The number of halogens is 1. The van der Waals surface area contributed by atoms with Crippen LogP contribution in [0.2, 0.25) is 3.54 Å². The molecule has 0 nitrogen and oxygen atoms in total. The summed E-state index contributed by atoms with van der Waals surface area (Å²) >= 11 is 0.0514. The van der Waals surface area contributed by atoms with Gasteiger partial charge in [-0.1, -0.05) is 56.7 Å². The second kappa shape index (κ2) is 6.04. The van der Waals surface area contributed by atoms with Gasteiger partial charge in [-0.2, -0.15) is 0 Å². The van der Waals surface area contributed by atoms with Crippen molar-refractivity contribution in [3.8, 4) is 0 Å². The lowest BCUT2D eigenvalue weighted by atomic mass is 10.2. The molecule has 0 amide bonds. The predicted molar refractivity (Wildman–Crippen MR) is 65.9 cm³/mol. The molecule has 2 heteroatoms. The van der Waals surface area contributed by atoms with Crippen LogP contribution < -0.4 is 0 Å². The maximum atomic E-state index is 2.35. The van der Waals surface area contributed by atoms with Crippen LogP contribution in [0.25, 0.3) is 0 Å². The predicted octanol–water partition coefficient (Wildman–Crippen LogP) is 3.69. The van der Waals surface area contributed by atoms with E-state index in [0.29, 0.717) is 3.54 Å². The minimum atomic E-state index is 0. The third kappa shape index (κ3) is 6.53. The Morgan fingerprint density at radius 1 is 1.08 bits per heavy atom. The summed E-state index contributed by atoms with van der Waals surface area (Å²) in [4.78, 5) is 0. The normalized spacial score (nSPS) is 10.1. The van der Waals surface area contributed by atoms with Crippen LogP contribution in [0, 0.1) is 0 Å². The van der Waals surface area contributed by atoms with Gasteiger partial charge in [0, 0.05) is 0 Å². The van der Waals surface area contributed by atoms with Gasteiger partial charge in [-0.3, -0.25) is 0 Å². The van der Waals surface area contributed by atoms with Crippen LogP contribution in [0.5, 0.6) is 0 Å². The van der Waals surface area contributed by atoms with Gasteiger partial charge in [-0.25, -0.2) is 0 Å². The lowest BCUT2D eigenvalue weighted by Crippen LogP contribution is -2.11. The molecule has 0 fully saturated rings. The zero-order chi connectivity index (χ0) is 9.03. The molecule has 0 aliphatic heterocycles. The molecule has 1 aromatic carbocycles. The van der Waals surface area contributed by atoms with Crippen molar-refractivity contribution in [3.05, 3.63) is 35.9 Å². The maximum absolute atomic E-state index is 2.35. The molecule has 0 aromatic heterocycles. The van der Waals surface area contributed by atoms with Crippen molar-refractivity contribution in [1.29, 1.82) is 0 Å². The Hall–Kier alpha value is 0.466. The quantitative estimate of drug-likeness (QED) is 0.705. The molecular weight excluding hydrogens is 236 g/mol. The van der Waals surface area contributed by atoms with Crippen LogP contribution in [0.15, 0.2) is 30.3 Å². The first-order valence-electron chi connectivity index (χ1n) is 4.62. The summed E-state index contributed by atoms with van der Waals surface area (Å²) in [6.45, 7) is 7.05. The van der Waals surface area contributed by atoms with E-state index in [-0.39, 0.29) is 37.3 Å². The molecule has 0 N–H and O–H groups in total. The van der Waals surface area contributed by atoms with E-state index in [9.17, 15) is 0 Å². The molecule has 0 spiro atoms. The number of rotatable bonds is 2. The van der Waals surface area contributed by atoms with E-state index < -0.39 is 0 Å². The second-order valence-corrected chi connectivity index (χ2v) is 7.67. The summed E-state index contributed by atoms with van der Waals surface area (Å²) in [7, 11) is 0. The van der Waals surface area contributed by atoms with Crippen LogP contribution in [0.1, 0.15) is 26.3 Å². The first-order chi connectivity index (χ1) is 5.58. The molecule has 0 saturated carbocycles. The fourth-order valence-corrected chi connectivity index (χ4v) is 2.54. The van der Waals surface area contributed by atoms with Gasteiger partial charge in [0.15, 0.2) is 0 Å². The third-order valence-corrected chi connectivity index (χ3v) is 4.33. The van der Waals surface area contributed by atoms with Crippen LogP contribution in [0.4, 0.5) is 0 Å². The van der Waals surface area contributed by atoms with Gasteiger partial charge >= 0.3 is 20.4 Å². The summed E-state index contributed by atoms with van der Waals surface area (Å²) < 4.78 is 1.93. The van der Waals surface area contributed by atoms with Gasteiger partial charge in [0.25, 0.3) is 0 Å². The first kappa shape index (κ1) is 13.5. The average molecular weight is 253 g/mol. The summed E-state index contributed by atoms with van der Waals surface area (Å²) in [5, 5.41) is 0. The number of hydrogen-bond donors (Lipinski definition) is 0. The van der Waals surface area contributed by atoms with E-state index in [1.807, 2.05) is 0 Å². The van der Waals surface area contributed by atoms with Crippen molar-refractivity contribution in [2.24, 2.45) is 0 Å². The smallest absolute Gasteiger partial charge is 0.132 e. The molecule has 13 heavy (non-hydrogen) atoms. The largest absolute Gasteiger partial charge is 0.379 e. The summed E-state index contributed by atoms with van der Waals surface area (Å²) in [5.41, 5.74) is 1.51. The molecule has 0 heterocycles. The summed E-state index contributed by atoms with van der Waals surface area (Å²) in [5.74, 6) is 0. The van der Waals surface area contributed by atoms with E-state index in [4.69, 9.17) is 0 Å². The Bertz CT molecular complexity index is 226. The van der Waals surface area contributed by atoms with Crippen molar-refractivity contribution in [1.82, 2.24) is 0 Å². The SMILES string of the molecule is Br.C[C](C)(C)[Mg][CH2]c1ccccc1. The Kier molecular flexibility index (Phi) is 6.26. The van der Waals surface area contributed by atoms with Crippen molar-refractivity contribution in [3.63, 3.8) is 0 Å². The highest BCUT2D eigenvalue weighted by atomic mass is 79.9. The van der Waals surface area contributed by atoms with E-state index in [2.05, 4.69) is 51.1 Å². The molecule has 0 bridgehead atoms. The topological polar surface area (TPSA) is 0 Å². The van der Waals surface area contributed by atoms with Gasteiger partial charge in [-0.15, -0.1) is 25.1 Å². The second-order valence-electron chi connectivity index (χ2n) is 4.55. The van der Waals surface area contributed by atoms with Crippen molar-refractivity contribution in [2.75, 3.05) is 0 Å². The molecule has 1 aromatic rings. The van der Waals surface area contributed by atoms with Crippen LogP contribution in [0.3, 0.4) is 0 Å². The number of benzene rings is 1. The van der Waals surface area contributed by atoms with Crippen molar-refractivity contribution >= 4 is 37.3 Å². The van der Waals surface area contributed by atoms with Gasteiger partial charge in [0.1, 0.15) is 0 Å².